The number of benzene rings is 1. The van der Waals surface area contributed by atoms with Gasteiger partial charge in [-0.05, 0) is 52.3 Å². The molecule has 0 spiro atoms. The SMILES string of the molecule is CC.CC(C)(C)NCC(C)(C)SSc1ccc(CO)cc1.O=CO. The summed E-state index contributed by atoms with van der Waals surface area (Å²) in [6, 6.07) is 8.08. The van der Waals surface area contributed by atoms with Gasteiger partial charge in [0, 0.05) is 21.7 Å². The van der Waals surface area contributed by atoms with Crippen molar-refractivity contribution in [2.75, 3.05) is 6.54 Å². The lowest BCUT2D eigenvalue weighted by molar-refractivity contribution is -0.122. The molecule has 3 N–H and O–H groups in total. The zero-order valence-electron chi connectivity index (χ0n) is 15.9. The van der Waals surface area contributed by atoms with Gasteiger partial charge in [-0.15, -0.1) is 0 Å². The van der Waals surface area contributed by atoms with Gasteiger partial charge in [0.05, 0.1) is 6.61 Å². The van der Waals surface area contributed by atoms with Crippen LogP contribution in [0.4, 0.5) is 0 Å². The van der Waals surface area contributed by atoms with Gasteiger partial charge in [0.15, 0.2) is 0 Å². The molecule has 0 aliphatic carbocycles. The minimum Gasteiger partial charge on any atom is -0.483 e. The number of hydrogen-bond acceptors (Lipinski definition) is 5. The van der Waals surface area contributed by atoms with Crippen molar-refractivity contribution in [1.29, 1.82) is 0 Å². The van der Waals surface area contributed by atoms with Gasteiger partial charge in [-0.1, -0.05) is 47.6 Å². The highest BCUT2D eigenvalue weighted by molar-refractivity contribution is 8.77. The van der Waals surface area contributed by atoms with E-state index in [0.717, 1.165) is 12.1 Å². The van der Waals surface area contributed by atoms with Crippen LogP contribution in [0, 0.1) is 0 Å². The molecule has 1 rings (SSSR count). The van der Waals surface area contributed by atoms with E-state index in [-0.39, 0.29) is 23.4 Å². The second-order valence-electron chi connectivity index (χ2n) is 6.44. The van der Waals surface area contributed by atoms with E-state index < -0.39 is 0 Å². The topological polar surface area (TPSA) is 69.6 Å². The van der Waals surface area contributed by atoms with Crippen LogP contribution in [-0.4, -0.2) is 33.5 Å². The van der Waals surface area contributed by atoms with E-state index in [9.17, 15) is 0 Å². The third-order valence-corrected chi connectivity index (χ3v) is 5.84. The Morgan fingerprint density at radius 3 is 1.92 bits per heavy atom. The standard InChI is InChI=1S/C15H25NOS2.C2H6.CH2O2/c1-14(2,3)16-11-15(4,5)19-18-13-8-6-12(10-17)7-9-13;1-2;2-1-3/h6-9,16-17H,10-11H2,1-5H3;1-2H3;1H,(H,2,3). The number of carboxylic acid groups (broad SMARTS) is 1. The van der Waals surface area contributed by atoms with Crippen LogP contribution < -0.4 is 5.32 Å². The molecule has 0 aliphatic rings. The molecule has 1 aromatic rings. The third-order valence-electron chi connectivity index (χ3n) is 2.51. The molecule has 0 bridgehead atoms. The molecule has 6 heteroatoms. The number of hydrogen-bond donors (Lipinski definition) is 3. The van der Waals surface area contributed by atoms with Gasteiger partial charge in [-0.2, -0.15) is 0 Å². The van der Waals surface area contributed by atoms with Gasteiger partial charge < -0.3 is 15.5 Å². The Morgan fingerprint density at radius 1 is 1.08 bits per heavy atom. The van der Waals surface area contributed by atoms with Gasteiger partial charge >= 0.3 is 0 Å². The van der Waals surface area contributed by atoms with Gasteiger partial charge in [0.25, 0.3) is 6.47 Å². The molecule has 0 saturated heterocycles. The van der Waals surface area contributed by atoms with Crippen LogP contribution in [0.2, 0.25) is 0 Å². The van der Waals surface area contributed by atoms with Crippen LogP contribution in [0.5, 0.6) is 0 Å². The van der Waals surface area contributed by atoms with Crippen molar-refractivity contribution < 1.29 is 15.0 Å². The summed E-state index contributed by atoms with van der Waals surface area (Å²) < 4.78 is 0.174. The normalized spacial score (nSPS) is 10.8. The zero-order chi connectivity index (χ0) is 19.2. The monoisotopic (exact) mass is 375 g/mol. The molecule has 1 aromatic carbocycles. The number of rotatable bonds is 6. The smallest absolute Gasteiger partial charge is 0.290 e. The highest BCUT2D eigenvalue weighted by Gasteiger charge is 2.22. The molecular weight excluding hydrogens is 342 g/mol. The largest absolute Gasteiger partial charge is 0.483 e. The summed E-state index contributed by atoms with van der Waals surface area (Å²) in [5.74, 6) is 0. The number of aliphatic hydroxyl groups is 1. The maximum Gasteiger partial charge on any atom is 0.290 e. The van der Waals surface area contributed by atoms with Crippen LogP contribution in [0.25, 0.3) is 0 Å². The Kier molecular flexibility index (Phi) is 14.5. The van der Waals surface area contributed by atoms with Crippen molar-refractivity contribution in [1.82, 2.24) is 5.32 Å². The molecule has 24 heavy (non-hydrogen) atoms. The first kappa shape index (κ1) is 25.5. The quantitative estimate of drug-likeness (QED) is 0.489. The number of carbonyl (C=O) groups is 1. The fourth-order valence-electron chi connectivity index (χ4n) is 1.32. The van der Waals surface area contributed by atoms with E-state index in [1.807, 2.05) is 36.8 Å². The Balaban J connectivity index is 0. The number of aliphatic hydroxyl groups excluding tert-OH is 1. The van der Waals surface area contributed by atoms with E-state index in [0.29, 0.717) is 0 Å². The van der Waals surface area contributed by atoms with Gasteiger partial charge in [0.1, 0.15) is 0 Å². The van der Waals surface area contributed by atoms with E-state index in [1.54, 1.807) is 10.8 Å². The summed E-state index contributed by atoms with van der Waals surface area (Å²) in [6.45, 7) is 15.9. The molecule has 0 unspecified atom stereocenters. The lowest BCUT2D eigenvalue weighted by Crippen LogP contribution is -2.43. The summed E-state index contributed by atoms with van der Waals surface area (Å²) >= 11 is 0. The van der Waals surface area contributed by atoms with Crippen molar-refractivity contribution in [3.8, 4) is 0 Å². The van der Waals surface area contributed by atoms with Gasteiger partial charge in [-0.3, -0.25) is 4.79 Å². The predicted octanol–water partition coefficient (Wildman–Crippen LogP) is 4.81. The first-order valence-electron chi connectivity index (χ1n) is 8.02. The zero-order valence-corrected chi connectivity index (χ0v) is 17.6. The Morgan fingerprint density at radius 2 is 1.54 bits per heavy atom. The lowest BCUT2D eigenvalue weighted by atomic mass is 10.1. The van der Waals surface area contributed by atoms with Crippen LogP contribution in [-0.2, 0) is 11.4 Å². The van der Waals surface area contributed by atoms with E-state index >= 15 is 0 Å². The molecule has 140 valence electrons. The molecule has 0 fully saturated rings. The van der Waals surface area contributed by atoms with Gasteiger partial charge in [0.2, 0.25) is 0 Å². The van der Waals surface area contributed by atoms with Crippen LogP contribution in [0.15, 0.2) is 29.2 Å². The lowest BCUT2D eigenvalue weighted by Gasteiger charge is -2.29. The van der Waals surface area contributed by atoms with E-state index in [2.05, 4.69) is 52.1 Å². The second kappa shape index (κ2) is 13.6. The summed E-state index contributed by atoms with van der Waals surface area (Å²) in [6.07, 6.45) is 0. The van der Waals surface area contributed by atoms with Crippen molar-refractivity contribution in [3.63, 3.8) is 0 Å². The van der Waals surface area contributed by atoms with Crippen LogP contribution >= 0.6 is 21.6 Å². The highest BCUT2D eigenvalue weighted by Crippen LogP contribution is 2.40. The fraction of sp³-hybridized carbons (Fsp3) is 0.611. The Hall–Kier alpha value is -0.690. The predicted molar refractivity (Wildman–Crippen MR) is 108 cm³/mol. The maximum atomic E-state index is 9.01. The molecule has 0 heterocycles. The summed E-state index contributed by atoms with van der Waals surface area (Å²) in [4.78, 5) is 9.59. The summed E-state index contributed by atoms with van der Waals surface area (Å²) in [5.41, 5.74) is 1.12. The average Bonchev–Trinajstić information content (AvgIpc) is 2.54. The van der Waals surface area contributed by atoms with Crippen molar-refractivity contribution in [2.24, 2.45) is 0 Å². The molecule has 0 radical (unpaired) electrons. The molecule has 0 saturated carbocycles. The van der Waals surface area contributed by atoms with Crippen molar-refractivity contribution >= 4 is 28.1 Å². The van der Waals surface area contributed by atoms with Crippen molar-refractivity contribution in [2.45, 2.75) is 70.3 Å². The molecule has 4 nitrogen and oxygen atoms in total. The van der Waals surface area contributed by atoms with Crippen molar-refractivity contribution in [3.05, 3.63) is 29.8 Å². The number of nitrogens with one attached hydrogen (secondary N) is 1. The van der Waals surface area contributed by atoms with E-state index in [1.165, 1.54) is 4.90 Å². The minimum absolute atomic E-state index is 0.110. The Labute approximate surface area is 155 Å². The van der Waals surface area contributed by atoms with Gasteiger partial charge in [-0.25, -0.2) is 0 Å². The minimum atomic E-state index is -0.250. The molecule has 0 amide bonds. The maximum absolute atomic E-state index is 9.01. The Bertz CT molecular complexity index is 429. The average molecular weight is 376 g/mol. The second-order valence-corrected chi connectivity index (χ2v) is 9.35. The van der Waals surface area contributed by atoms with E-state index in [4.69, 9.17) is 15.0 Å². The van der Waals surface area contributed by atoms with Crippen LogP contribution in [0.3, 0.4) is 0 Å². The molecule has 0 aromatic heterocycles. The highest BCUT2D eigenvalue weighted by atomic mass is 33.1. The van der Waals surface area contributed by atoms with Crippen LogP contribution in [0.1, 0.15) is 54.0 Å². The first-order valence-corrected chi connectivity index (χ1v) is 10.2. The summed E-state index contributed by atoms with van der Waals surface area (Å²) in [7, 11) is 3.67. The molecule has 0 aliphatic heterocycles. The molecular formula is C18H33NO3S2. The molecule has 0 atom stereocenters. The first-order chi connectivity index (χ1) is 11.1. The third kappa shape index (κ3) is 14.9. The summed E-state index contributed by atoms with van der Waals surface area (Å²) in [5, 5.41) is 19.5. The fourth-order valence-corrected chi connectivity index (χ4v) is 3.49.